The quantitative estimate of drug-likeness (QED) is 0.884. The molecule has 1 N–H and O–H groups in total. The van der Waals surface area contributed by atoms with E-state index in [9.17, 15) is 4.79 Å². The fraction of sp³-hybridized carbons (Fsp3) is 0.0833. The van der Waals surface area contributed by atoms with Gasteiger partial charge >= 0.3 is 0 Å². The summed E-state index contributed by atoms with van der Waals surface area (Å²) in [5.41, 5.74) is 0.747. The van der Waals surface area contributed by atoms with Crippen molar-refractivity contribution in [2.75, 3.05) is 11.9 Å². The molecule has 0 bridgehead atoms. The summed E-state index contributed by atoms with van der Waals surface area (Å²) in [6.45, 7) is -0.0410. The minimum Gasteiger partial charge on any atom is -0.479 e. The summed E-state index contributed by atoms with van der Waals surface area (Å²) in [5, 5.41) is 14.6. The van der Waals surface area contributed by atoms with Gasteiger partial charge in [0.1, 0.15) is 18.1 Å². The lowest BCUT2D eigenvalue weighted by atomic mass is 10.3. The lowest BCUT2D eigenvalue weighted by Crippen LogP contribution is -2.12. The Morgan fingerprint density at radius 3 is 3.11 bits per heavy atom. The Balaban J connectivity index is 2.05. The monoisotopic (exact) mass is 243 g/mol. The Labute approximate surface area is 103 Å². The van der Waals surface area contributed by atoms with Crippen LogP contribution < -0.4 is 10.1 Å². The molecule has 0 saturated carbocycles. The molecular formula is C12H9N3O3. The molecule has 0 aliphatic carbocycles. The first-order valence-electron chi connectivity index (χ1n) is 5.11. The number of amides is 1. The van der Waals surface area contributed by atoms with E-state index < -0.39 is 0 Å². The van der Waals surface area contributed by atoms with Crippen LogP contribution in [0.5, 0.6) is 5.75 Å². The first-order chi connectivity index (χ1) is 8.79. The van der Waals surface area contributed by atoms with Gasteiger partial charge in [-0.1, -0.05) is 11.2 Å². The molecule has 0 saturated heterocycles. The standard InChI is InChI=1S/C12H9N3O3/c13-5-7-17-10-3-1-2-9(8-10)14-12(16)11-4-6-18-15-11/h1-4,6,8H,7H2,(H,14,16). The largest absolute Gasteiger partial charge is 0.479 e. The molecule has 1 aromatic heterocycles. The van der Waals surface area contributed by atoms with E-state index in [4.69, 9.17) is 10.00 Å². The average molecular weight is 243 g/mol. The lowest BCUT2D eigenvalue weighted by Gasteiger charge is -2.05. The Hall–Kier alpha value is -2.81. The molecule has 6 heteroatoms. The molecule has 1 aromatic carbocycles. The van der Waals surface area contributed by atoms with Crippen LogP contribution in [-0.4, -0.2) is 17.7 Å². The van der Waals surface area contributed by atoms with Gasteiger partial charge in [0.25, 0.3) is 5.91 Å². The smallest absolute Gasteiger partial charge is 0.277 e. The fourth-order valence-corrected chi connectivity index (χ4v) is 1.30. The van der Waals surface area contributed by atoms with E-state index >= 15 is 0 Å². The molecule has 0 spiro atoms. The Morgan fingerprint density at radius 1 is 1.50 bits per heavy atom. The number of benzene rings is 1. The van der Waals surface area contributed by atoms with Crippen LogP contribution >= 0.6 is 0 Å². The zero-order valence-electron chi connectivity index (χ0n) is 9.29. The number of carbonyl (C=O) groups is 1. The lowest BCUT2D eigenvalue weighted by molar-refractivity contribution is 0.101. The van der Waals surface area contributed by atoms with Crippen LogP contribution in [0.4, 0.5) is 5.69 Å². The Kier molecular flexibility index (Phi) is 3.56. The maximum absolute atomic E-state index is 11.7. The second kappa shape index (κ2) is 5.50. The topological polar surface area (TPSA) is 88.1 Å². The number of carbonyl (C=O) groups excluding carboxylic acids is 1. The normalized spacial score (nSPS) is 9.50. The van der Waals surface area contributed by atoms with Gasteiger partial charge in [-0.15, -0.1) is 0 Å². The first-order valence-corrected chi connectivity index (χ1v) is 5.11. The number of ether oxygens (including phenoxy) is 1. The summed E-state index contributed by atoms with van der Waals surface area (Å²) < 4.78 is 9.70. The van der Waals surface area contributed by atoms with Crippen LogP contribution in [0.15, 0.2) is 41.1 Å². The predicted molar refractivity (Wildman–Crippen MR) is 62.0 cm³/mol. The van der Waals surface area contributed by atoms with Crippen molar-refractivity contribution < 1.29 is 14.1 Å². The number of hydrogen-bond acceptors (Lipinski definition) is 5. The van der Waals surface area contributed by atoms with E-state index in [0.717, 1.165) is 0 Å². The van der Waals surface area contributed by atoms with Crippen LogP contribution in [0.1, 0.15) is 10.5 Å². The van der Waals surface area contributed by atoms with E-state index in [1.54, 1.807) is 24.3 Å². The van der Waals surface area contributed by atoms with Crippen LogP contribution in [0.2, 0.25) is 0 Å². The SMILES string of the molecule is N#CCOc1cccc(NC(=O)c2ccon2)c1. The Morgan fingerprint density at radius 2 is 2.39 bits per heavy atom. The van der Waals surface area contributed by atoms with Crippen LogP contribution in [-0.2, 0) is 0 Å². The molecule has 90 valence electrons. The van der Waals surface area contributed by atoms with E-state index in [0.29, 0.717) is 11.4 Å². The van der Waals surface area contributed by atoms with Crippen LogP contribution in [0.25, 0.3) is 0 Å². The third-order valence-corrected chi connectivity index (χ3v) is 2.07. The molecule has 1 heterocycles. The van der Waals surface area contributed by atoms with Gasteiger partial charge in [0, 0.05) is 17.8 Å². The molecule has 6 nitrogen and oxygen atoms in total. The minimum absolute atomic E-state index is 0.0410. The van der Waals surface area contributed by atoms with Crippen molar-refractivity contribution in [1.29, 1.82) is 5.26 Å². The maximum Gasteiger partial charge on any atom is 0.277 e. The first kappa shape index (κ1) is 11.7. The minimum atomic E-state index is -0.374. The van der Waals surface area contributed by atoms with Gasteiger partial charge in [0.15, 0.2) is 12.3 Å². The molecule has 0 fully saturated rings. The summed E-state index contributed by atoms with van der Waals surface area (Å²) >= 11 is 0. The van der Waals surface area contributed by atoms with Gasteiger partial charge in [0.05, 0.1) is 0 Å². The van der Waals surface area contributed by atoms with Gasteiger partial charge in [-0.2, -0.15) is 5.26 Å². The third kappa shape index (κ3) is 2.86. The van der Waals surface area contributed by atoms with Crippen molar-refractivity contribution in [3.8, 4) is 11.8 Å². The molecule has 0 aliphatic rings. The zero-order chi connectivity index (χ0) is 12.8. The van der Waals surface area contributed by atoms with E-state index in [1.807, 2.05) is 6.07 Å². The molecule has 0 atom stereocenters. The highest BCUT2D eigenvalue weighted by Crippen LogP contribution is 2.17. The summed E-state index contributed by atoms with van der Waals surface area (Å²) in [7, 11) is 0. The second-order valence-corrected chi connectivity index (χ2v) is 3.31. The zero-order valence-corrected chi connectivity index (χ0v) is 9.29. The third-order valence-electron chi connectivity index (χ3n) is 2.07. The summed E-state index contributed by atoms with van der Waals surface area (Å²) in [4.78, 5) is 11.7. The van der Waals surface area contributed by atoms with Crippen LogP contribution in [0, 0.1) is 11.3 Å². The van der Waals surface area contributed by atoms with Crippen molar-refractivity contribution in [3.63, 3.8) is 0 Å². The molecule has 2 rings (SSSR count). The summed E-state index contributed by atoms with van der Waals surface area (Å²) in [6, 6.07) is 10.1. The molecule has 2 aromatic rings. The maximum atomic E-state index is 11.7. The second-order valence-electron chi connectivity index (χ2n) is 3.31. The highest BCUT2D eigenvalue weighted by atomic mass is 16.5. The molecular weight excluding hydrogens is 234 g/mol. The van der Waals surface area contributed by atoms with Gasteiger partial charge in [-0.25, -0.2) is 0 Å². The number of aromatic nitrogens is 1. The van der Waals surface area contributed by atoms with E-state index in [-0.39, 0.29) is 18.2 Å². The number of anilines is 1. The molecule has 1 amide bonds. The number of nitrogens with one attached hydrogen (secondary N) is 1. The van der Waals surface area contributed by atoms with Crippen molar-refractivity contribution >= 4 is 11.6 Å². The number of nitrogens with zero attached hydrogens (tertiary/aromatic N) is 2. The number of rotatable bonds is 4. The molecule has 0 unspecified atom stereocenters. The summed E-state index contributed by atoms with van der Waals surface area (Å²) in [5.74, 6) is 0.135. The van der Waals surface area contributed by atoms with Crippen molar-refractivity contribution in [2.45, 2.75) is 0 Å². The highest BCUT2D eigenvalue weighted by molar-refractivity contribution is 6.02. The average Bonchev–Trinajstić information content (AvgIpc) is 2.91. The molecule has 18 heavy (non-hydrogen) atoms. The van der Waals surface area contributed by atoms with Gasteiger partial charge in [0.2, 0.25) is 0 Å². The predicted octanol–water partition coefficient (Wildman–Crippen LogP) is 1.83. The van der Waals surface area contributed by atoms with Gasteiger partial charge in [-0.3, -0.25) is 4.79 Å². The van der Waals surface area contributed by atoms with Crippen LogP contribution in [0.3, 0.4) is 0 Å². The highest BCUT2D eigenvalue weighted by Gasteiger charge is 2.09. The molecule has 0 radical (unpaired) electrons. The number of nitriles is 1. The fourth-order valence-electron chi connectivity index (χ4n) is 1.30. The van der Waals surface area contributed by atoms with E-state index in [1.165, 1.54) is 12.3 Å². The summed E-state index contributed by atoms with van der Waals surface area (Å²) in [6.07, 6.45) is 1.32. The van der Waals surface area contributed by atoms with Gasteiger partial charge in [-0.05, 0) is 12.1 Å². The van der Waals surface area contributed by atoms with E-state index in [2.05, 4.69) is 15.0 Å². The Bertz CT molecular complexity index is 573. The number of hydrogen-bond donors (Lipinski definition) is 1. The van der Waals surface area contributed by atoms with Crippen molar-refractivity contribution in [2.24, 2.45) is 0 Å². The van der Waals surface area contributed by atoms with Crippen molar-refractivity contribution in [3.05, 3.63) is 42.3 Å². The van der Waals surface area contributed by atoms with Gasteiger partial charge < -0.3 is 14.6 Å². The molecule has 0 aliphatic heterocycles. The van der Waals surface area contributed by atoms with Crippen molar-refractivity contribution in [1.82, 2.24) is 5.16 Å².